The molecule has 140 valence electrons. The normalized spacial score (nSPS) is 12.8. The molecule has 0 unspecified atom stereocenters. The first kappa shape index (κ1) is 18.4. The number of hydrogen-bond donors (Lipinski definition) is 3. The van der Waals surface area contributed by atoms with Gasteiger partial charge in [0.15, 0.2) is 17.5 Å². The fraction of sp³-hybridized carbons (Fsp3) is 0.167. The van der Waals surface area contributed by atoms with Crippen LogP contribution in [-0.4, -0.2) is 24.3 Å². The lowest BCUT2D eigenvalue weighted by Crippen LogP contribution is -2.33. The quantitative estimate of drug-likeness (QED) is 0.715. The zero-order valence-electron chi connectivity index (χ0n) is 13.9. The van der Waals surface area contributed by atoms with Crippen LogP contribution in [0.15, 0.2) is 30.3 Å². The van der Waals surface area contributed by atoms with E-state index in [0.29, 0.717) is 24.6 Å². The van der Waals surface area contributed by atoms with Crippen LogP contribution in [0.1, 0.15) is 22.3 Å². The van der Waals surface area contributed by atoms with Crippen molar-refractivity contribution in [1.29, 1.82) is 0 Å². The van der Waals surface area contributed by atoms with Gasteiger partial charge in [-0.15, -0.1) is 0 Å². The van der Waals surface area contributed by atoms with E-state index in [9.17, 15) is 27.6 Å². The summed E-state index contributed by atoms with van der Waals surface area (Å²) in [4.78, 5) is 35.3. The first-order valence-corrected chi connectivity index (χ1v) is 7.99. The maximum Gasteiger partial charge on any atom is 0.251 e. The van der Waals surface area contributed by atoms with E-state index in [0.717, 1.165) is 11.6 Å². The number of aryl methyl sites for hydroxylation is 1. The second-order valence-corrected chi connectivity index (χ2v) is 5.87. The van der Waals surface area contributed by atoms with Gasteiger partial charge in [-0.3, -0.25) is 14.4 Å². The van der Waals surface area contributed by atoms with Crippen molar-refractivity contribution in [3.05, 3.63) is 58.9 Å². The maximum absolute atomic E-state index is 13.5. The Bertz CT molecular complexity index is 947. The number of nitrogens with one attached hydrogen (secondary N) is 3. The summed E-state index contributed by atoms with van der Waals surface area (Å²) in [6.45, 7) is -0.495. The Morgan fingerprint density at radius 1 is 1.04 bits per heavy atom. The molecule has 0 saturated carbocycles. The van der Waals surface area contributed by atoms with E-state index >= 15 is 0 Å². The molecule has 1 aliphatic heterocycles. The number of anilines is 2. The summed E-state index contributed by atoms with van der Waals surface area (Å²) in [5, 5.41) is 7.10. The van der Waals surface area contributed by atoms with E-state index in [4.69, 9.17) is 0 Å². The molecule has 0 saturated heterocycles. The Kier molecular flexibility index (Phi) is 5.11. The summed E-state index contributed by atoms with van der Waals surface area (Å²) >= 11 is 0. The van der Waals surface area contributed by atoms with Crippen molar-refractivity contribution in [2.24, 2.45) is 0 Å². The minimum atomic E-state index is -1.70. The molecule has 3 N–H and O–H groups in total. The Labute approximate surface area is 151 Å². The molecule has 3 rings (SSSR count). The molecule has 0 fully saturated rings. The number of amides is 3. The first-order valence-electron chi connectivity index (χ1n) is 7.99. The molecule has 1 heterocycles. The van der Waals surface area contributed by atoms with Crippen molar-refractivity contribution in [3.63, 3.8) is 0 Å². The number of rotatable bonds is 4. The number of benzene rings is 2. The van der Waals surface area contributed by atoms with Crippen molar-refractivity contribution >= 4 is 29.1 Å². The zero-order valence-corrected chi connectivity index (χ0v) is 13.9. The van der Waals surface area contributed by atoms with Gasteiger partial charge in [0.1, 0.15) is 0 Å². The van der Waals surface area contributed by atoms with Crippen LogP contribution in [0.2, 0.25) is 0 Å². The smallest absolute Gasteiger partial charge is 0.251 e. The molecule has 0 radical (unpaired) electrons. The summed E-state index contributed by atoms with van der Waals surface area (Å²) in [5.74, 6) is -6.04. The lowest BCUT2D eigenvalue weighted by molar-refractivity contribution is -0.116. The summed E-state index contributed by atoms with van der Waals surface area (Å²) in [6, 6.07) is 6.26. The highest BCUT2D eigenvalue weighted by Gasteiger charge is 2.18. The maximum atomic E-state index is 13.5. The van der Waals surface area contributed by atoms with E-state index in [-0.39, 0.29) is 11.5 Å². The molecule has 0 aromatic heterocycles. The summed E-state index contributed by atoms with van der Waals surface area (Å²) < 4.78 is 39.5. The van der Waals surface area contributed by atoms with Gasteiger partial charge in [-0.1, -0.05) is 0 Å². The highest BCUT2D eigenvalue weighted by molar-refractivity contribution is 6.00. The third-order valence-corrected chi connectivity index (χ3v) is 3.98. The number of halogens is 3. The van der Waals surface area contributed by atoms with Gasteiger partial charge in [0.25, 0.3) is 5.91 Å². The van der Waals surface area contributed by atoms with Crippen molar-refractivity contribution in [3.8, 4) is 0 Å². The molecule has 0 bridgehead atoms. The highest BCUT2D eigenvalue weighted by Crippen LogP contribution is 2.23. The monoisotopic (exact) mass is 377 g/mol. The van der Waals surface area contributed by atoms with Crippen LogP contribution in [0.3, 0.4) is 0 Å². The fourth-order valence-electron chi connectivity index (χ4n) is 2.60. The summed E-state index contributed by atoms with van der Waals surface area (Å²) in [6.07, 6.45) is 0.818. The molecule has 0 aliphatic carbocycles. The van der Waals surface area contributed by atoms with Gasteiger partial charge in [0.05, 0.1) is 12.2 Å². The van der Waals surface area contributed by atoms with Crippen molar-refractivity contribution in [1.82, 2.24) is 5.32 Å². The Morgan fingerprint density at radius 3 is 2.59 bits per heavy atom. The lowest BCUT2D eigenvalue weighted by Gasteiger charge is -2.17. The Morgan fingerprint density at radius 2 is 1.81 bits per heavy atom. The first-order chi connectivity index (χ1) is 12.8. The lowest BCUT2D eigenvalue weighted by atomic mass is 10.00. The molecule has 27 heavy (non-hydrogen) atoms. The number of hydrogen-bond acceptors (Lipinski definition) is 3. The molecular weight excluding hydrogens is 363 g/mol. The van der Waals surface area contributed by atoms with Gasteiger partial charge in [-0.25, -0.2) is 13.2 Å². The van der Waals surface area contributed by atoms with Gasteiger partial charge in [-0.05, 0) is 42.3 Å². The van der Waals surface area contributed by atoms with Crippen LogP contribution in [-0.2, 0) is 16.0 Å². The molecule has 1 aliphatic rings. The number of fused-ring (bicyclic) bond motifs is 1. The van der Waals surface area contributed by atoms with Crippen LogP contribution in [0.5, 0.6) is 0 Å². The fourth-order valence-corrected chi connectivity index (χ4v) is 2.60. The van der Waals surface area contributed by atoms with Crippen molar-refractivity contribution in [2.45, 2.75) is 12.8 Å². The minimum absolute atomic E-state index is 0.0964. The van der Waals surface area contributed by atoms with Gasteiger partial charge >= 0.3 is 0 Å². The number of carbonyl (C=O) groups excluding carboxylic acids is 3. The standard InChI is InChI=1S/C18H14F3N3O3/c19-11-3-5-13(17(21)16(11)20)24-15(26)8-22-18(27)10-1-4-12-9(7-10)2-6-14(25)23-12/h1,3-5,7H,2,6,8H2,(H,22,27)(H,23,25)(H,24,26). The van der Waals surface area contributed by atoms with Gasteiger partial charge in [0, 0.05) is 17.7 Å². The Balaban J connectivity index is 1.60. The molecule has 2 aromatic rings. The SMILES string of the molecule is O=C1CCc2cc(C(=O)NCC(=O)Nc3ccc(F)c(F)c3F)ccc2N1. The van der Waals surface area contributed by atoms with Crippen LogP contribution in [0.25, 0.3) is 0 Å². The average molecular weight is 377 g/mol. The van der Waals surface area contributed by atoms with Crippen LogP contribution in [0.4, 0.5) is 24.5 Å². The van der Waals surface area contributed by atoms with Gasteiger partial charge in [0.2, 0.25) is 11.8 Å². The molecule has 2 aromatic carbocycles. The third-order valence-electron chi connectivity index (χ3n) is 3.98. The predicted octanol–water partition coefficient (Wildman–Crippen LogP) is 2.36. The largest absolute Gasteiger partial charge is 0.343 e. The molecule has 9 heteroatoms. The van der Waals surface area contributed by atoms with Crippen molar-refractivity contribution in [2.75, 3.05) is 17.2 Å². The van der Waals surface area contributed by atoms with Crippen molar-refractivity contribution < 1.29 is 27.6 Å². The van der Waals surface area contributed by atoms with Gasteiger partial charge < -0.3 is 16.0 Å². The molecule has 6 nitrogen and oxygen atoms in total. The average Bonchev–Trinajstić information content (AvgIpc) is 2.66. The highest BCUT2D eigenvalue weighted by atomic mass is 19.2. The summed E-state index contributed by atoms with van der Waals surface area (Å²) in [5.41, 5.74) is 1.19. The Hall–Kier alpha value is -3.36. The molecule has 0 atom stereocenters. The van der Waals surface area contributed by atoms with Crippen LogP contribution in [0, 0.1) is 17.5 Å². The second-order valence-electron chi connectivity index (χ2n) is 5.87. The molecular formula is C18H14F3N3O3. The van der Waals surface area contributed by atoms with Crippen LogP contribution < -0.4 is 16.0 Å². The van der Waals surface area contributed by atoms with E-state index in [1.807, 2.05) is 0 Å². The van der Waals surface area contributed by atoms with Crippen LogP contribution >= 0.6 is 0 Å². The second kappa shape index (κ2) is 7.48. The molecule has 3 amide bonds. The predicted molar refractivity (Wildman–Crippen MR) is 90.7 cm³/mol. The zero-order chi connectivity index (χ0) is 19.6. The summed E-state index contributed by atoms with van der Waals surface area (Å²) in [7, 11) is 0. The molecule has 0 spiro atoms. The number of carbonyl (C=O) groups is 3. The van der Waals surface area contributed by atoms with E-state index in [1.54, 1.807) is 12.1 Å². The van der Waals surface area contributed by atoms with E-state index in [1.165, 1.54) is 6.07 Å². The van der Waals surface area contributed by atoms with E-state index < -0.39 is 41.5 Å². The third kappa shape index (κ3) is 4.08. The minimum Gasteiger partial charge on any atom is -0.343 e. The van der Waals surface area contributed by atoms with E-state index in [2.05, 4.69) is 16.0 Å². The van der Waals surface area contributed by atoms with Gasteiger partial charge in [-0.2, -0.15) is 0 Å². The topological polar surface area (TPSA) is 87.3 Å².